The number of ether oxygens (including phenoxy) is 1. The fourth-order valence-corrected chi connectivity index (χ4v) is 4.70. The summed E-state index contributed by atoms with van der Waals surface area (Å²) in [6.07, 6.45) is 16.9. The van der Waals surface area contributed by atoms with Crippen molar-refractivity contribution in [2.45, 2.75) is 115 Å². The molecule has 0 bridgehead atoms. The first-order valence-electron chi connectivity index (χ1n) is 11.9. The van der Waals surface area contributed by atoms with E-state index in [1.165, 1.54) is 64.2 Å². The molecule has 0 fully saturated rings. The fourth-order valence-electron chi connectivity index (χ4n) is 3.55. The van der Waals surface area contributed by atoms with Gasteiger partial charge in [0.2, 0.25) is 5.88 Å². The number of hydrogen-bond acceptors (Lipinski definition) is 5. The van der Waals surface area contributed by atoms with E-state index in [1.54, 1.807) is 25.2 Å². The van der Waals surface area contributed by atoms with Crippen LogP contribution in [-0.4, -0.2) is 27.3 Å². The lowest BCUT2D eigenvalue weighted by molar-refractivity contribution is 0.397. The molecular weight excluding hydrogens is 410 g/mol. The molecule has 6 heteroatoms. The van der Waals surface area contributed by atoms with Gasteiger partial charge in [0, 0.05) is 11.2 Å². The number of unbranched alkanes of at least 4 members (excludes halogenated alkanes) is 8. The number of hydrogen-bond donors (Lipinski definition) is 1. The predicted octanol–water partition coefficient (Wildman–Crippen LogP) is 8.06. The van der Waals surface area contributed by atoms with Crippen LogP contribution in [0.3, 0.4) is 0 Å². The van der Waals surface area contributed by atoms with E-state index in [-0.39, 0.29) is 0 Å². The molecule has 30 heavy (non-hydrogen) atoms. The average molecular weight is 454 g/mol. The van der Waals surface area contributed by atoms with Gasteiger partial charge in [0.25, 0.3) is 0 Å². The topological polar surface area (TPSA) is 47.0 Å². The Hall–Kier alpha value is -0.880. The summed E-state index contributed by atoms with van der Waals surface area (Å²) in [4.78, 5) is 9.69. The molecule has 1 heterocycles. The van der Waals surface area contributed by atoms with Gasteiger partial charge in [0.05, 0.1) is 12.1 Å². The summed E-state index contributed by atoms with van der Waals surface area (Å²) >= 11 is 7.61. The maximum atomic E-state index is 5.90. The molecule has 0 aromatic carbocycles. The molecule has 172 valence electrons. The predicted molar refractivity (Wildman–Crippen MR) is 136 cm³/mol. The maximum absolute atomic E-state index is 5.90. The number of nitrogens with zero attached hydrogens (tertiary/aromatic N) is 2. The van der Waals surface area contributed by atoms with Crippen molar-refractivity contribution in [2.24, 2.45) is 5.92 Å². The van der Waals surface area contributed by atoms with Crippen LogP contribution in [0.4, 0.5) is 5.69 Å². The third kappa shape index (κ3) is 10.9. The Kier molecular flexibility index (Phi) is 15.2. The van der Waals surface area contributed by atoms with Gasteiger partial charge in [-0.2, -0.15) is 4.98 Å². The highest BCUT2D eigenvalue weighted by atomic mass is 32.2. The highest BCUT2D eigenvalue weighted by Gasteiger charge is 2.20. The Bertz CT molecular complexity index is 596. The van der Waals surface area contributed by atoms with Crippen LogP contribution < -0.4 is 10.1 Å². The van der Waals surface area contributed by atoms with E-state index < -0.39 is 0 Å². The molecule has 1 N–H and O–H groups in total. The van der Waals surface area contributed by atoms with Crippen LogP contribution in [0.15, 0.2) is 11.4 Å². The molecule has 0 aliphatic rings. The highest BCUT2D eigenvalue weighted by molar-refractivity contribution is 8.00. The molecule has 0 saturated carbocycles. The molecule has 0 aliphatic heterocycles. The van der Waals surface area contributed by atoms with Gasteiger partial charge in [-0.3, -0.25) is 0 Å². The van der Waals surface area contributed by atoms with Crippen LogP contribution in [0.25, 0.3) is 0 Å². The van der Waals surface area contributed by atoms with Crippen molar-refractivity contribution < 1.29 is 4.74 Å². The van der Waals surface area contributed by atoms with Crippen LogP contribution in [0, 0.1) is 5.92 Å². The van der Waals surface area contributed by atoms with Gasteiger partial charge >= 0.3 is 0 Å². The fraction of sp³-hybridized carbons (Fsp3) is 0.792. The van der Waals surface area contributed by atoms with Gasteiger partial charge in [-0.25, -0.2) is 4.98 Å². The van der Waals surface area contributed by atoms with Crippen molar-refractivity contribution in [2.75, 3.05) is 12.4 Å². The monoisotopic (exact) mass is 453 g/mol. The highest BCUT2D eigenvalue weighted by Crippen LogP contribution is 2.35. The van der Waals surface area contributed by atoms with Gasteiger partial charge in [-0.15, -0.1) is 11.8 Å². The molecule has 0 aliphatic carbocycles. The molecule has 1 unspecified atom stereocenters. The van der Waals surface area contributed by atoms with E-state index in [9.17, 15) is 0 Å². The standard InChI is InChI=1S/C24H43N3OS2/c1-6-8-10-12-13-15-17-20(16-14-11-9-7-2)23(29)27-21-22(28-5)25-18-26-24(21)30-19(3)4/h18-20H,6-17H2,1-5H3,(H,27,29). The van der Waals surface area contributed by atoms with Gasteiger partial charge in [-0.1, -0.05) is 104 Å². The number of methoxy groups -OCH3 is 1. The zero-order chi connectivity index (χ0) is 22.2. The summed E-state index contributed by atoms with van der Waals surface area (Å²) < 4.78 is 5.51. The number of anilines is 1. The lowest BCUT2D eigenvalue weighted by atomic mass is 9.94. The summed E-state index contributed by atoms with van der Waals surface area (Å²) in [6.45, 7) is 8.85. The van der Waals surface area contributed by atoms with Crippen molar-refractivity contribution in [1.82, 2.24) is 9.97 Å². The van der Waals surface area contributed by atoms with Gasteiger partial charge in [-0.05, 0) is 12.8 Å². The largest absolute Gasteiger partial charge is 0.479 e. The Morgan fingerprint density at radius 1 is 0.967 bits per heavy atom. The number of thioether (sulfide) groups is 1. The van der Waals surface area contributed by atoms with Crippen molar-refractivity contribution >= 4 is 34.7 Å². The first-order chi connectivity index (χ1) is 14.5. The maximum Gasteiger partial charge on any atom is 0.241 e. The minimum absolute atomic E-state index is 0.407. The van der Waals surface area contributed by atoms with Crippen LogP contribution >= 0.6 is 24.0 Å². The Labute approximate surface area is 194 Å². The molecule has 0 radical (unpaired) electrons. The molecule has 0 amide bonds. The summed E-state index contributed by atoms with van der Waals surface area (Å²) in [5.41, 5.74) is 0.824. The van der Waals surface area contributed by atoms with E-state index in [0.717, 1.165) is 28.5 Å². The van der Waals surface area contributed by atoms with E-state index in [1.807, 2.05) is 0 Å². The van der Waals surface area contributed by atoms with Gasteiger partial charge in [0.1, 0.15) is 17.0 Å². The lowest BCUT2D eigenvalue weighted by Crippen LogP contribution is -2.22. The molecule has 0 saturated heterocycles. The molecule has 1 aromatic heterocycles. The normalized spacial score (nSPS) is 12.2. The first kappa shape index (κ1) is 27.2. The smallest absolute Gasteiger partial charge is 0.241 e. The number of aromatic nitrogens is 2. The number of thiocarbonyl (C=S) groups is 1. The second kappa shape index (κ2) is 16.8. The average Bonchev–Trinajstić information content (AvgIpc) is 2.72. The minimum Gasteiger partial charge on any atom is -0.479 e. The Balaban J connectivity index is 2.79. The van der Waals surface area contributed by atoms with Crippen LogP contribution in [-0.2, 0) is 0 Å². The van der Waals surface area contributed by atoms with Crippen molar-refractivity contribution in [3.8, 4) is 5.88 Å². The summed E-state index contributed by atoms with van der Waals surface area (Å²) in [6, 6.07) is 0. The van der Waals surface area contributed by atoms with Crippen molar-refractivity contribution in [3.63, 3.8) is 0 Å². The van der Waals surface area contributed by atoms with E-state index in [2.05, 4.69) is 43.0 Å². The quantitative estimate of drug-likeness (QED) is 0.111. The molecule has 4 nitrogen and oxygen atoms in total. The zero-order valence-corrected chi connectivity index (χ0v) is 21.5. The second-order valence-corrected chi connectivity index (χ2v) is 10.3. The van der Waals surface area contributed by atoms with Crippen LogP contribution in [0.5, 0.6) is 5.88 Å². The van der Waals surface area contributed by atoms with Gasteiger partial charge in [0.15, 0.2) is 0 Å². The molecule has 1 atom stereocenters. The third-order valence-corrected chi connectivity index (χ3v) is 6.69. The Morgan fingerprint density at radius 3 is 2.10 bits per heavy atom. The van der Waals surface area contributed by atoms with E-state index in [4.69, 9.17) is 17.0 Å². The zero-order valence-electron chi connectivity index (χ0n) is 19.8. The van der Waals surface area contributed by atoms with Crippen molar-refractivity contribution in [3.05, 3.63) is 6.33 Å². The first-order valence-corrected chi connectivity index (χ1v) is 13.2. The summed E-state index contributed by atoms with van der Waals surface area (Å²) in [5.74, 6) is 0.977. The molecule has 1 aromatic rings. The minimum atomic E-state index is 0.407. The van der Waals surface area contributed by atoms with Crippen LogP contribution in [0.2, 0.25) is 0 Å². The SMILES string of the molecule is CCCCCCCCC(CCCCCC)C(=S)Nc1c(OC)ncnc1SC(C)C. The molecule has 0 spiro atoms. The Morgan fingerprint density at radius 2 is 1.53 bits per heavy atom. The number of nitrogens with one attached hydrogen (secondary N) is 1. The molecular formula is C24H43N3OS2. The van der Waals surface area contributed by atoms with E-state index >= 15 is 0 Å². The second-order valence-electron chi connectivity index (χ2n) is 8.32. The van der Waals surface area contributed by atoms with Gasteiger partial charge < -0.3 is 10.1 Å². The lowest BCUT2D eigenvalue weighted by Gasteiger charge is -2.21. The summed E-state index contributed by atoms with van der Waals surface area (Å²) in [5, 5.41) is 4.83. The summed E-state index contributed by atoms with van der Waals surface area (Å²) in [7, 11) is 1.65. The third-order valence-electron chi connectivity index (χ3n) is 5.25. The molecule has 1 rings (SSSR count). The number of rotatable bonds is 17. The van der Waals surface area contributed by atoms with Crippen LogP contribution in [0.1, 0.15) is 105 Å². The van der Waals surface area contributed by atoms with Crippen molar-refractivity contribution in [1.29, 1.82) is 0 Å². The van der Waals surface area contributed by atoms with E-state index in [0.29, 0.717) is 17.0 Å².